The lowest BCUT2D eigenvalue weighted by atomic mass is 9.97. The fourth-order valence-corrected chi connectivity index (χ4v) is 5.58. The molecule has 3 heterocycles. The molecule has 2 aromatic carbocycles. The average Bonchev–Trinajstić information content (AvgIpc) is 3.33. The second kappa shape index (κ2) is 8.48. The molecule has 0 aliphatic carbocycles. The molecule has 6 nitrogen and oxygen atoms in total. The van der Waals surface area contributed by atoms with Gasteiger partial charge in [0.05, 0.1) is 27.0 Å². The molecule has 1 atom stereocenters. The second-order valence-electron chi connectivity index (χ2n) is 8.93. The number of carbonyl (C=O) groups excluding carboxylic acids is 1. The smallest absolute Gasteiger partial charge is 0.297 e. The van der Waals surface area contributed by atoms with Crippen LogP contribution in [0.4, 0.5) is 5.13 Å². The summed E-state index contributed by atoms with van der Waals surface area (Å²) in [6.45, 7) is 8.06. The Labute approximate surface area is 210 Å². The first-order chi connectivity index (χ1) is 16.2. The number of hydrogen-bond acceptors (Lipinski definition) is 6. The van der Waals surface area contributed by atoms with E-state index in [0.717, 1.165) is 22.6 Å². The van der Waals surface area contributed by atoms with Gasteiger partial charge in [0.25, 0.3) is 5.91 Å². The Morgan fingerprint density at radius 3 is 2.50 bits per heavy atom. The Morgan fingerprint density at radius 1 is 1.06 bits per heavy atom. The first-order valence-corrected chi connectivity index (χ1v) is 12.4. The number of nitrogens with zero attached hydrogens (tertiary/aromatic N) is 3. The van der Waals surface area contributed by atoms with Gasteiger partial charge in [-0.2, -0.15) is 0 Å². The number of halogens is 2. The number of benzene rings is 2. The van der Waals surface area contributed by atoms with Crippen LogP contribution in [0, 0.1) is 19.8 Å². The molecule has 0 saturated heterocycles. The standard InChI is InChI=1S/C25H21Cl2N3O3S/c1-11(2)7-19-28-29-25(34-19)30-21(14-5-6-16(26)17(27)10-14)20-22(31)15-8-12(3)13(4)9-18(15)33-23(20)24(30)32/h5-6,8-11,21H,7H2,1-4H3. The summed E-state index contributed by atoms with van der Waals surface area (Å²) in [6, 6.07) is 7.92. The van der Waals surface area contributed by atoms with Gasteiger partial charge in [-0.1, -0.05) is 54.5 Å². The molecule has 9 heteroatoms. The highest BCUT2D eigenvalue weighted by molar-refractivity contribution is 7.15. The van der Waals surface area contributed by atoms with E-state index in [2.05, 4.69) is 24.0 Å². The molecule has 0 radical (unpaired) electrons. The third-order valence-corrected chi connectivity index (χ3v) is 7.67. The summed E-state index contributed by atoms with van der Waals surface area (Å²) in [6.07, 6.45) is 0.740. The maximum atomic E-state index is 13.8. The molecule has 174 valence electrons. The number of anilines is 1. The molecule has 0 spiro atoms. The molecule has 1 aliphatic heterocycles. The molecule has 2 aromatic heterocycles. The van der Waals surface area contributed by atoms with Crippen LogP contribution in [0.3, 0.4) is 0 Å². The Morgan fingerprint density at radius 2 is 1.79 bits per heavy atom. The number of amides is 1. The highest BCUT2D eigenvalue weighted by Crippen LogP contribution is 2.43. The fourth-order valence-electron chi connectivity index (χ4n) is 4.20. The van der Waals surface area contributed by atoms with Crippen LogP contribution in [-0.4, -0.2) is 16.1 Å². The topological polar surface area (TPSA) is 76.3 Å². The summed E-state index contributed by atoms with van der Waals surface area (Å²) in [5.41, 5.74) is 2.97. The largest absolute Gasteiger partial charge is 0.450 e. The molecular formula is C25H21Cl2N3O3S. The van der Waals surface area contributed by atoms with Gasteiger partial charge in [0.15, 0.2) is 5.43 Å². The maximum Gasteiger partial charge on any atom is 0.297 e. The summed E-state index contributed by atoms with van der Waals surface area (Å²) in [5.74, 6) is -0.0360. The summed E-state index contributed by atoms with van der Waals surface area (Å²) in [7, 11) is 0. The molecule has 0 fully saturated rings. The van der Waals surface area contributed by atoms with Crippen molar-refractivity contribution >= 4 is 56.5 Å². The predicted molar refractivity (Wildman–Crippen MR) is 136 cm³/mol. The van der Waals surface area contributed by atoms with Gasteiger partial charge in [0.2, 0.25) is 10.9 Å². The molecule has 1 aliphatic rings. The van der Waals surface area contributed by atoms with E-state index in [0.29, 0.717) is 37.6 Å². The van der Waals surface area contributed by atoms with Crippen LogP contribution in [0.25, 0.3) is 11.0 Å². The number of rotatable bonds is 4. The Balaban J connectivity index is 1.77. The Bertz CT molecular complexity index is 1530. The van der Waals surface area contributed by atoms with Crippen LogP contribution in [0.2, 0.25) is 10.0 Å². The Kier molecular flexibility index (Phi) is 5.74. The van der Waals surface area contributed by atoms with E-state index in [9.17, 15) is 9.59 Å². The zero-order valence-electron chi connectivity index (χ0n) is 19.0. The maximum absolute atomic E-state index is 13.8. The highest BCUT2D eigenvalue weighted by atomic mass is 35.5. The van der Waals surface area contributed by atoms with Crippen LogP contribution in [0.15, 0.2) is 39.5 Å². The lowest BCUT2D eigenvalue weighted by Gasteiger charge is -2.22. The lowest BCUT2D eigenvalue weighted by Crippen LogP contribution is -2.29. The van der Waals surface area contributed by atoms with E-state index in [1.807, 2.05) is 19.9 Å². The second-order valence-corrected chi connectivity index (χ2v) is 10.8. The first kappa shape index (κ1) is 23.0. The zero-order valence-corrected chi connectivity index (χ0v) is 21.3. The summed E-state index contributed by atoms with van der Waals surface area (Å²) < 4.78 is 6.07. The van der Waals surface area contributed by atoms with Crippen molar-refractivity contribution in [1.29, 1.82) is 0 Å². The number of carbonyl (C=O) groups is 1. The van der Waals surface area contributed by atoms with E-state index >= 15 is 0 Å². The third-order valence-electron chi connectivity index (χ3n) is 5.99. The van der Waals surface area contributed by atoms with Crippen molar-refractivity contribution in [3.63, 3.8) is 0 Å². The monoisotopic (exact) mass is 513 g/mol. The molecule has 1 unspecified atom stereocenters. The minimum atomic E-state index is -0.764. The molecule has 0 N–H and O–H groups in total. The van der Waals surface area contributed by atoms with Gasteiger partial charge >= 0.3 is 0 Å². The lowest BCUT2D eigenvalue weighted by molar-refractivity contribution is 0.0970. The summed E-state index contributed by atoms with van der Waals surface area (Å²) in [4.78, 5) is 28.9. The zero-order chi connectivity index (χ0) is 24.3. The van der Waals surface area contributed by atoms with Crippen molar-refractivity contribution < 1.29 is 9.21 Å². The quantitative estimate of drug-likeness (QED) is 0.310. The van der Waals surface area contributed by atoms with Crippen LogP contribution >= 0.6 is 34.5 Å². The first-order valence-electron chi connectivity index (χ1n) is 10.8. The SMILES string of the molecule is Cc1cc2oc3c(c(=O)c2cc1C)C(c1ccc(Cl)c(Cl)c1)N(c1nnc(CC(C)C)s1)C3=O. The van der Waals surface area contributed by atoms with Crippen molar-refractivity contribution in [1.82, 2.24) is 10.2 Å². The van der Waals surface area contributed by atoms with Crippen molar-refractivity contribution in [3.05, 3.63) is 83.6 Å². The van der Waals surface area contributed by atoms with Gasteiger partial charge in [-0.05, 0) is 60.7 Å². The average molecular weight is 514 g/mol. The molecule has 1 amide bonds. The molecule has 5 rings (SSSR count). The number of fused-ring (bicyclic) bond motifs is 2. The van der Waals surface area contributed by atoms with Crippen molar-refractivity contribution in [2.45, 2.75) is 40.2 Å². The fraction of sp³-hybridized carbons (Fsp3) is 0.280. The van der Waals surface area contributed by atoms with Gasteiger partial charge in [0, 0.05) is 6.42 Å². The molecule has 34 heavy (non-hydrogen) atoms. The molecular weight excluding hydrogens is 493 g/mol. The van der Waals surface area contributed by atoms with E-state index in [-0.39, 0.29) is 16.8 Å². The Hall–Kier alpha value is -2.74. The minimum absolute atomic E-state index is 0.0115. The van der Waals surface area contributed by atoms with Gasteiger partial charge in [-0.3, -0.25) is 14.5 Å². The normalized spacial score (nSPS) is 15.6. The van der Waals surface area contributed by atoms with Gasteiger partial charge < -0.3 is 4.42 Å². The van der Waals surface area contributed by atoms with Gasteiger partial charge in [0.1, 0.15) is 10.6 Å². The van der Waals surface area contributed by atoms with E-state index in [1.54, 1.807) is 24.3 Å². The number of aromatic nitrogens is 2. The minimum Gasteiger partial charge on any atom is -0.450 e. The number of aryl methyl sites for hydroxylation is 2. The van der Waals surface area contributed by atoms with Crippen LogP contribution in [-0.2, 0) is 6.42 Å². The van der Waals surface area contributed by atoms with Gasteiger partial charge in [-0.15, -0.1) is 10.2 Å². The molecule has 0 bridgehead atoms. The highest BCUT2D eigenvalue weighted by Gasteiger charge is 2.45. The van der Waals surface area contributed by atoms with Gasteiger partial charge in [-0.25, -0.2) is 0 Å². The molecule has 0 saturated carbocycles. The predicted octanol–water partition coefficient (Wildman–Crippen LogP) is 6.52. The van der Waals surface area contributed by atoms with E-state index in [1.165, 1.54) is 16.2 Å². The van der Waals surface area contributed by atoms with Crippen molar-refractivity contribution in [3.8, 4) is 0 Å². The van der Waals surface area contributed by atoms with E-state index in [4.69, 9.17) is 27.6 Å². The summed E-state index contributed by atoms with van der Waals surface area (Å²) in [5, 5.41) is 10.9. The summed E-state index contributed by atoms with van der Waals surface area (Å²) >= 11 is 13.8. The number of hydrogen-bond donors (Lipinski definition) is 0. The van der Waals surface area contributed by atoms with Crippen molar-refractivity contribution in [2.75, 3.05) is 4.90 Å². The van der Waals surface area contributed by atoms with Crippen LogP contribution < -0.4 is 10.3 Å². The van der Waals surface area contributed by atoms with Crippen molar-refractivity contribution in [2.24, 2.45) is 5.92 Å². The molecule has 4 aromatic rings. The van der Waals surface area contributed by atoms with Crippen LogP contribution in [0.5, 0.6) is 0 Å². The van der Waals surface area contributed by atoms with E-state index < -0.39 is 11.9 Å². The van der Waals surface area contributed by atoms with Crippen LogP contribution in [0.1, 0.15) is 57.7 Å². The third kappa shape index (κ3) is 3.72.